The van der Waals surface area contributed by atoms with E-state index >= 15 is 0 Å². The van der Waals surface area contributed by atoms with Crippen molar-refractivity contribution in [2.45, 2.75) is 31.5 Å². The zero-order chi connectivity index (χ0) is 17.6. The molecule has 0 saturated carbocycles. The van der Waals surface area contributed by atoms with E-state index in [0.717, 1.165) is 12.8 Å². The molecule has 4 atom stereocenters. The van der Waals surface area contributed by atoms with E-state index in [1.807, 2.05) is 37.3 Å². The van der Waals surface area contributed by atoms with Crippen molar-refractivity contribution >= 4 is 29.2 Å². The van der Waals surface area contributed by atoms with Crippen molar-refractivity contribution in [3.8, 4) is 0 Å². The van der Waals surface area contributed by atoms with Crippen LogP contribution in [0.1, 0.15) is 19.8 Å². The van der Waals surface area contributed by atoms with Crippen LogP contribution in [0.4, 0.5) is 5.69 Å². The molecule has 0 N–H and O–H groups in total. The molecular formula is C19H20ClNO4. The molecule has 3 aliphatic rings. The molecule has 2 bridgehead atoms. The first-order valence-corrected chi connectivity index (χ1v) is 9.05. The number of esters is 1. The van der Waals surface area contributed by atoms with Crippen LogP contribution in [0.2, 0.25) is 5.02 Å². The van der Waals surface area contributed by atoms with Gasteiger partial charge < -0.3 is 14.4 Å². The van der Waals surface area contributed by atoms with Gasteiger partial charge in [0.15, 0.2) is 0 Å². The first-order chi connectivity index (χ1) is 12.1. The molecule has 0 aromatic heterocycles. The fourth-order valence-corrected chi connectivity index (χ4v) is 4.29. The Balaban J connectivity index is 1.61. The second-order valence-electron chi connectivity index (χ2n) is 6.80. The van der Waals surface area contributed by atoms with Crippen LogP contribution in [-0.4, -0.2) is 36.7 Å². The zero-order valence-corrected chi connectivity index (χ0v) is 14.7. The van der Waals surface area contributed by atoms with Crippen molar-refractivity contribution in [2.75, 3.05) is 18.1 Å². The average Bonchev–Trinajstić information content (AvgIpc) is 3.24. The highest BCUT2D eigenvalue weighted by molar-refractivity contribution is 6.34. The highest BCUT2D eigenvalue weighted by atomic mass is 35.5. The second-order valence-corrected chi connectivity index (χ2v) is 7.20. The SMILES string of the molecule is CCCCOC(=O)[C@@H]1[C@H]2C(=O)N(c3ccccc3Cl)C[C@]23C=C[C@H]1O3. The summed E-state index contributed by atoms with van der Waals surface area (Å²) in [6.07, 6.45) is 5.19. The summed E-state index contributed by atoms with van der Waals surface area (Å²) in [6.45, 7) is 2.78. The van der Waals surface area contributed by atoms with Crippen LogP contribution in [0, 0.1) is 11.8 Å². The molecule has 1 spiro atoms. The first kappa shape index (κ1) is 16.6. The van der Waals surface area contributed by atoms with Crippen LogP contribution in [-0.2, 0) is 19.1 Å². The molecular weight excluding hydrogens is 342 g/mol. The van der Waals surface area contributed by atoms with E-state index < -0.39 is 17.4 Å². The summed E-state index contributed by atoms with van der Waals surface area (Å²) in [5, 5.41) is 0.507. The Kier molecular flexibility index (Phi) is 4.08. The van der Waals surface area contributed by atoms with Gasteiger partial charge in [-0.25, -0.2) is 0 Å². The van der Waals surface area contributed by atoms with Crippen molar-refractivity contribution in [2.24, 2.45) is 11.8 Å². The summed E-state index contributed by atoms with van der Waals surface area (Å²) in [5.74, 6) is -1.60. The third-order valence-electron chi connectivity index (χ3n) is 5.26. The predicted molar refractivity (Wildman–Crippen MR) is 93.4 cm³/mol. The van der Waals surface area contributed by atoms with Crippen LogP contribution in [0.3, 0.4) is 0 Å². The molecule has 2 fully saturated rings. The summed E-state index contributed by atoms with van der Waals surface area (Å²) in [6, 6.07) is 7.22. The number of unbranched alkanes of at least 4 members (excludes halogenated alkanes) is 1. The summed E-state index contributed by atoms with van der Waals surface area (Å²) in [5.41, 5.74) is -0.105. The van der Waals surface area contributed by atoms with E-state index in [1.165, 1.54) is 0 Å². The number of hydrogen-bond donors (Lipinski definition) is 0. The minimum absolute atomic E-state index is 0.127. The molecule has 25 heavy (non-hydrogen) atoms. The number of fused-ring (bicyclic) bond motifs is 1. The first-order valence-electron chi connectivity index (χ1n) is 8.67. The zero-order valence-electron chi connectivity index (χ0n) is 14.0. The van der Waals surface area contributed by atoms with Gasteiger partial charge in [-0.05, 0) is 18.6 Å². The Bertz CT molecular complexity index is 749. The molecule has 2 saturated heterocycles. The van der Waals surface area contributed by atoms with Gasteiger partial charge in [0, 0.05) is 0 Å². The van der Waals surface area contributed by atoms with Crippen LogP contribution in [0.15, 0.2) is 36.4 Å². The summed E-state index contributed by atoms with van der Waals surface area (Å²) < 4.78 is 11.5. The third-order valence-corrected chi connectivity index (χ3v) is 5.58. The van der Waals surface area contributed by atoms with E-state index in [0.29, 0.717) is 23.9 Å². The molecule has 0 aliphatic carbocycles. The maximum atomic E-state index is 13.1. The molecule has 3 aliphatic heterocycles. The highest BCUT2D eigenvalue weighted by Gasteiger charge is 2.67. The van der Waals surface area contributed by atoms with Crippen molar-refractivity contribution in [1.29, 1.82) is 0 Å². The van der Waals surface area contributed by atoms with E-state index in [1.54, 1.807) is 11.0 Å². The molecule has 1 aromatic carbocycles. The monoisotopic (exact) mass is 361 g/mol. The number of anilines is 1. The van der Waals surface area contributed by atoms with Gasteiger partial charge in [-0.3, -0.25) is 9.59 Å². The van der Waals surface area contributed by atoms with Crippen molar-refractivity contribution in [3.63, 3.8) is 0 Å². The Labute approximate surface area is 151 Å². The van der Waals surface area contributed by atoms with Crippen LogP contribution in [0.5, 0.6) is 0 Å². The predicted octanol–water partition coefficient (Wildman–Crippen LogP) is 2.97. The quantitative estimate of drug-likeness (QED) is 0.459. The van der Waals surface area contributed by atoms with Gasteiger partial charge in [0.1, 0.15) is 11.5 Å². The van der Waals surface area contributed by atoms with Crippen molar-refractivity contribution in [3.05, 3.63) is 41.4 Å². The minimum Gasteiger partial charge on any atom is -0.465 e. The number of carbonyl (C=O) groups is 2. The lowest BCUT2D eigenvalue weighted by Crippen LogP contribution is -2.40. The van der Waals surface area contributed by atoms with Crippen LogP contribution in [0.25, 0.3) is 0 Å². The van der Waals surface area contributed by atoms with E-state index in [2.05, 4.69) is 0 Å². The van der Waals surface area contributed by atoms with Gasteiger partial charge in [0.05, 0.1) is 35.9 Å². The van der Waals surface area contributed by atoms with Crippen molar-refractivity contribution in [1.82, 2.24) is 0 Å². The lowest BCUT2D eigenvalue weighted by Gasteiger charge is -2.22. The van der Waals surface area contributed by atoms with Gasteiger partial charge in [-0.2, -0.15) is 0 Å². The molecule has 0 radical (unpaired) electrons. The highest BCUT2D eigenvalue weighted by Crippen LogP contribution is 2.53. The van der Waals surface area contributed by atoms with Gasteiger partial charge in [0.2, 0.25) is 5.91 Å². The molecule has 6 heteroatoms. The van der Waals surface area contributed by atoms with Gasteiger partial charge in [0.25, 0.3) is 0 Å². The van der Waals surface area contributed by atoms with Crippen LogP contribution >= 0.6 is 11.6 Å². The number of para-hydroxylation sites is 1. The number of hydrogen-bond acceptors (Lipinski definition) is 4. The molecule has 132 valence electrons. The largest absolute Gasteiger partial charge is 0.465 e. The fourth-order valence-electron chi connectivity index (χ4n) is 4.06. The number of ether oxygens (including phenoxy) is 2. The smallest absolute Gasteiger partial charge is 0.312 e. The molecule has 1 amide bonds. The lowest BCUT2D eigenvalue weighted by molar-refractivity contribution is -0.152. The Hall–Kier alpha value is -1.85. The summed E-state index contributed by atoms with van der Waals surface area (Å²) in [7, 11) is 0. The topological polar surface area (TPSA) is 55.8 Å². The lowest BCUT2D eigenvalue weighted by atomic mass is 9.77. The number of carbonyl (C=O) groups excluding carboxylic acids is 2. The number of nitrogens with zero attached hydrogens (tertiary/aromatic N) is 1. The standard InChI is InChI=1S/C19H20ClNO4/c1-2-3-10-24-18(23)15-14-8-9-19(25-14)11-21(17(22)16(15)19)13-7-5-4-6-12(13)20/h4-9,14-16H,2-3,10-11H2,1H3/t14-,15+,16+,19-/m1/s1. The van der Waals surface area contributed by atoms with Gasteiger partial charge in [-0.15, -0.1) is 0 Å². The Morgan fingerprint density at radius 3 is 3.00 bits per heavy atom. The number of halogens is 1. The van der Waals surface area contributed by atoms with E-state index in [9.17, 15) is 9.59 Å². The second kappa shape index (κ2) is 6.15. The molecule has 1 aromatic rings. The summed E-state index contributed by atoms with van der Waals surface area (Å²) in [4.78, 5) is 27.3. The van der Waals surface area contributed by atoms with E-state index in [4.69, 9.17) is 21.1 Å². The molecule has 0 unspecified atom stereocenters. The molecule has 4 rings (SSSR count). The van der Waals surface area contributed by atoms with Gasteiger partial charge in [-0.1, -0.05) is 49.2 Å². The average molecular weight is 362 g/mol. The number of amides is 1. The van der Waals surface area contributed by atoms with E-state index in [-0.39, 0.29) is 18.0 Å². The Morgan fingerprint density at radius 1 is 1.44 bits per heavy atom. The number of benzene rings is 1. The summed E-state index contributed by atoms with van der Waals surface area (Å²) >= 11 is 6.26. The van der Waals surface area contributed by atoms with Crippen LogP contribution < -0.4 is 4.90 Å². The third kappa shape index (κ3) is 2.49. The van der Waals surface area contributed by atoms with Gasteiger partial charge >= 0.3 is 5.97 Å². The normalized spacial score (nSPS) is 32.3. The van der Waals surface area contributed by atoms with Crippen molar-refractivity contribution < 1.29 is 19.1 Å². The fraction of sp³-hybridized carbons (Fsp3) is 0.474. The maximum absolute atomic E-state index is 13.1. The minimum atomic E-state index is -0.755. The number of rotatable bonds is 5. The maximum Gasteiger partial charge on any atom is 0.312 e. The Morgan fingerprint density at radius 2 is 2.24 bits per heavy atom. The molecule has 5 nitrogen and oxygen atoms in total. The molecule has 3 heterocycles.